The van der Waals surface area contributed by atoms with Gasteiger partial charge in [0.25, 0.3) is 23.0 Å². The quantitative estimate of drug-likeness (QED) is 0.125. The van der Waals surface area contributed by atoms with E-state index in [1.165, 1.54) is 33.4 Å². The van der Waals surface area contributed by atoms with Crippen LogP contribution in [0.5, 0.6) is 11.5 Å². The summed E-state index contributed by atoms with van der Waals surface area (Å²) in [6.45, 7) is 3.80. The fourth-order valence-electron chi connectivity index (χ4n) is 11.1. The third-order valence-electron chi connectivity index (χ3n) is 15.6. The molecule has 1 aliphatic carbocycles. The Kier molecular flexibility index (Phi) is 14.4. The standard InChI is InChI=1S/C30H28F5N3O3.C29H28F5N3O3/c1-37-23-16-21(5-3-18(23)13-24(27(37)40)38-11-9-29(31,32)10-12-38)36-26(39)14-19-17-28(7-2-8-28)41-25-15-20(30(33,34)35)4-6-22(19)25;1-27(2)16-18(21-7-5-19(29(32,33)34)14-24(21)40-27)13-25(38)35-20-6-4-17-12-23(26(39)36(3)22(17)15-20)37-10-8-28(30,31)9-11-37/h3-6,13-16H,2,7-12,17H2,1H3,(H,36,39);4-7,12-15H,8-11,16H2,1-3H3,(H,35,38)/b19-14+;18-13+. The van der Waals surface area contributed by atoms with E-state index in [4.69, 9.17) is 9.47 Å². The van der Waals surface area contributed by atoms with E-state index in [0.717, 1.165) is 30.7 Å². The number of amides is 2. The van der Waals surface area contributed by atoms with E-state index in [1.54, 1.807) is 86.3 Å². The Morgan fingerprint density at radius 2 is 0.951 bits per heavy atom. The summed E-state index contributed by atoms with van der Waals surface area (Å²) in [5.74, 6) is -6.22. The highest BCUT2D eigenvalue weighted by Gasteiger charge is 2.45. The van der Waals surface area contributed by atoms with Crippen LogP contribution in [-0.2, 0) is 36.0 Å². The normalized spacial score (nSPS) is 19.9. The highest BCUT2D eigenvalue weighted by Crippen LogP contribution is 2.51. The van der Waals surface area contributed by atoms with Crippen LogP contribution in [0.15, 0.2) is 107 Å². The van der Waals surface area contributed by atoms with Gasteiger partial charge in [-0.3, -0.25) is 19.2 Å². The number of nitrogens with zero attached hydrogens (tertiary/aromatic N) is 4. The van der Waals surface area contributed by atoms with Gasteiger partial charge in [0.2, 0.25) is 11.8 Å². The summed E-state index contributed by atoms with van der Waals surface area (Å²) >= 11 is 0. The molecule has 2 N–H and O–H groups in total. The monoisotopic (exact) mass is 1130 g/mol. The molecule has 81 heavy (non-hydrogen) atoms. The number of hydrogen-bond donors (Lipinski definition) is 2. The van der Waals surface area contributed by atoms with Gasteiger partial charge in [0.05, 0.1) is 22.2 Å². The first kappa shape index (κ1) is 56.5. The van der Waals surface area contributed by atoms with Gasteiger partial charge >= 0.3 is 12.4 Å². The number of carbonyl (C=O) groups is 2. The summed E-state index contributed by atoms with van der Waals surface area (Å²) in [5, 5.41) is 6.97. The van der Waals surface area contributed by atoms with Crippen molar-refractivity contribution in [3.63, 3.8) is 0 Å². The maximum absolute atomic E-state index is 13.6. The zero-order chi connectivity index (χ0) is 58.2. The predicted octanol–water partition coefficient (Wildman–Crippen LogP) is 12.9. The number of anilines is 4. The van der Waals surface area contributed by atoms with Crippen molar-refractivity contribution < 1.29 is 63.0 Å². The predicted molar refractivity (Wildman–Crippen MR) is 288 cm³/mol. The van der Waals surface area contributed by atoms with E-state index in [9.17, 15) is 63.1 Å². The topological polar surface area (TPSA) is 127 Å². The van der Waals surface area contributed by atoms with Gasteiger partial charge in [-0.2, -0.15) is 26.3 Å². The van der Waals surface area contributed by atoms with Crippen molar-refractivity contribution in [3.05, 3.63) is 140 Å². The molecule has 2 amide bonds. The van der Waals surface area contributed by atoms with Crippen LogP contribution in [0.2, 0.25) is 0 Å². The zero-order valence-electron chi connectivity index (χ0n) is 44.4. The number of nitrogens with one attached hydrogen (secondary N) is 2. The second-order valence-corrected chi connectivity index (χ2v) is 22.1. The molecule has 5 aliphatic rings. The molecule has 428 valence electrons. The zero-order valence-corrected chi connectivity index (χ0v) is 44.4. The van der Waals surface area contributed by atoms with Crippen molar-refractivity contribution in [2.45, 2.75) is 107 Å². The molecule has 0 unspecified atom stereocenters. The van der Waals surface area contributed by atoms with Gasteiger partial charge in [0.15, 0.2) is 0 Å². The molecule has 0 bridgehead atoms. The maximum atomic E-state index is 13.6. The first-order chi connectivity index (χ1) is 37.9. The Bertz CT molecular complexity index is 3690. The number of alkyl halides is 10. The molecule has 1 spiro atoms. The molecule has 0 radical (unpaired) electrons. The number of rotatable bonds is 6. The average Bonchev–Trinajstić information content (AvgIpc) is 3.38. The molecule has 12 nitrogen and oxygen atoms in total. The Balaban J connectivity index is 0.000000182. The van der Waals surface area contributed by atoms with Gasteiger partial charge in [-0.05, 0) is 105 Å². The van der Waals surface area contributed by atoms with Crippen molar-refractivity contribution in [2.75, 3.05) is 46.6 Å². The molecular weight excluding hydrogens is 1080 g/mol. The van der Waals surface area contributed by atoms with Crippen molar-refractivity contribution in [2.24, 2.45) is 14.1 Å². The van der Waals surface area contributed by atoms with Gasteiger partial charge < -0.3 is 39.0 Å². The second kappa shape index (κ2) is 20.6. The third-order valence-corrected chi connectivity index (χ3v) is 15.6. The Morgan fingerprint density at radius 3 is 1.35 bits per heavy atom. The summed E-state index contributed by atoms with van der Waals surface area (Å²) in [7, 11) is 3.17. The lowest BCUT2D eigenvalue weighted by Gasteiger charge is -2.46. The van der Waals surface area contributed by atoms with Crippen molar-refractivity contribution >= 4 is 67.5 Å². The lowest BCUT2D eigenvalue weighted by Crippen LogP contribution is -2.45. The van der Waals surface area contributed by atoms with Crippen LogP contribution in [0.3, 0.4) is 0 Å². The highest BCUT2D eigenvalue weighted by molar-refractivity contribution is 6.06. The lowest BCUT2D eigenvalue weighted by atomic mass is 9.72. The molecule has 1 saturated carbocycles. The molecule has 4 aliphatic heterocycles. The molecule has 6 heterocycles. The van der Waals surface area contributed by atoms with Crippen LogP contribution in [0.4, 0.5) is 66.7 Å². The van der Waals surface area contributed by atoms with Crippen LogP contribution < -0.4 is 41.0 Å². The Hall–Kier alpha value is -7.78. The first-order valence-corrected chi connectivity index (χ1v) is 26.3. The first-order valence-electron chi connectivity index (χ1n) is 26.3. The smallest absolute Gasteiger partial charge is 0.416 e. The summed E-state index contributed by atoms with van der Waals surface area (Å²) in [5.41, 5.74) is 0.898. The van der Waals surface area contributed by atoms with E-state index in [1.807, 2.05) is 0 Å². The van der Waals surface area contributed by atoms with E-state index in [0.29, 0.717) is 92.5 Å². The van der Waals surface area contributed by atoms with E-state index < -0.39 is 58.3 Å². The van der Waals surface area contributed by atoms with Crippen molar-refractivity contribution in [1.82, 2.24) is 9.13 Å². The van der Waals surface area contributed by atoms with E-state index in [2.05, 4.69) is 10.6 Å². The van der Waals surface area contributed by atoms with Gasteiger partial charge in [-0.25, -0.2) is 17.6 Å². The minimum atomic E-state index is -4.53. The van der Waals surface area contributed by atoms with Crippen LogP contribution >= 0.6 is 0 Å². The Labute approximate surface area is 457 Å². The van der Waals surface area contributed by atoms with Gasteiger partial charge in [0.1, 0.15) is 34.1 Å². The van der Waals surface area contributed by atoms with Crippen LogP contribution in [0.25, 0.3) is 33.0 Å². The number of pyridine rings is 2. The number of halogens is 10. The van der Waals surface area contributed by atoms with Crippen LogP contribution in [0.1, 0.15) is 93.9 Å². The molecule has 2 saturated heterocycles. The van der Waals surface area contributed by atoms with Crippen molar-refractivity contribution in [3.8, 4) is 11.5 Å². The van der Waals surface area contributed by atoms with E-state index in [-0.39, 0.29) is 74.5 Å². The number of fused-ring (bicyclic) bond motifs is 4. The van der Waals surface area contributed by atoms with Gasteiger partial charge in [-0.1, -0.05) is 24.3 Å². The number of carbonyl (C=O) groups excluding carboxylic acids is 2. The molecule has 2 aromatic heterocycles. The summed E-state index contributed by atoms with van der Waals surface area (Å²) < 4.78 is 149. The lowest BCUT2D eigenvalue weighted by molar-refractivity contribution is -0.138. The summed E-state index contributed by atoms with van der Waals surface area (Å²) in [4.78, 5) is 55.6. The van der Waals surface area contributed by atoms with E-state index >= 15 is 0 Å². The molecule has 11 rings (SSSR count). The van der Waals surface area contributed by atoms with Crippen LogP contribution in [-0.4, -0.2) is 70.2 Å². The number of piperidine rings is 2. The number of aryl methyl sites for hydroxylation is 2. The van der Waals surface area contributed by atoms with Gasteiger partial charge in [0, 0.05) is 124 Å². The molecule has 6 aromatic rings. The minimum Gasteiger partial charge on any atom is -0.487 e. The third kappa shape index (κ3) is 12.0. The molecule has 0 atom stereocenters. The fourth-order valence-corrected chi connectivity index (χ4v) is 11.1. The maximum Gasteiger partial charge on any atom is 0.416 e. The molecule has 3 fully saturated rings. The minimum absolute atomic E-state index is 0.0547. The summed E-state index contributed by atoms with van der Waals surface area (Å²) in [6, 6.07) is 20.0. The second-order valence-electron chi connectivity index (χ2n) is 22.1. The Morgan fingerprint density at radius 1 is 0.543 bits per heavy atom. The molecule has 4 aromatic carbocycles. The van der Waals surface area contributed by atoms with Crippen molar-refractivity contribution in [1.29, 1.82) is 0 Å². The molecule has 22 heteroatoms. The number of benzene rings is 4. The highest BCUT2D eigenvalue weighted by atomic mass is 19.4. The average molecular weight is 1140 g/mol. The van der Waals surface area contributed by atoms with Crippen LogP contribution in [0, 0.1) is 0 Å². The SMILES string of the molecule is Cn1c(=O)c(N2CCC(F)(F)CC2)cc2ccc(NC(=O)/C=C3\CC(C)(C)Oc4cc(C(F)(F)F)ccc43)cc21.Cn1c(=O)c(N2CCC(F)(F)CC2)cc2ccc(NC(=O)/C=C3\CC4(CCC4)Oc4cc(C(F)(F)F)ccc43)cc21. The largest absolute Gasteiger partial charge is 0.487 e. The van der Waals surface area contributed by atoms with Gasteiger partial charge in [-0.15, -0.1) is 0 Å². The fraction of sp³-hybridized carbons (Fsp3) is 0.390. The number of aromatic nitrogens is 2. The molecular formula is C59H56F10N6O6. The number of hydrogen-bond acceptors (Lipinski definition) is 8. The summed E-state index contributed by atoms with van der Waals surface area (Å²) in [6.07, 6.45) is -4.54. The number of ether oxygens (including phenoxy) is 2.